The van der Waals surface area contributed by atoms with Gasteiger partial charge in [-0.15, -0.1) is 11.3 Å². The summed E-state index contributed by atoms with van der Waals surface area (Å²) in [7, 11) is 0. The number of aromatic nitrogens is 4. The summed E-state index contributed by atoms with van der Waals surface area (Å²) in [5, 5.41) is 2.08. The standard InChI is InChI=1S/C15H18N6S/c1-10-13(21-7-8-22-15(21)18-10)9-20-6-2-3-12(20)11-4-5-17-14(16)19-11/h4-5,7-8,12H,2-3,6,9H2,1H3,(H2,16,17,19). The Labute approximate surface area is 132 Å². The van der Waals surface area contributed by atoms with Crippen molar-refractivity contribution in [2.75, 3.05) is 12.3 Å². The molecule has 0 aromatic carbocycles. The van der Waals surface area contributed by atoms with Crippen molar-refractivity contribution in [2.45, 2.75) is 32.4 Å². The van der Waals surface area contributed by atoms with Gasteiger partial charge in [-0.2, -0.15) is 0 Å². The number of nitrogens with zero attached hydrogens (tertiary/aromatic N) is 5. The number of anilines is 1. The second-order valence-electron chi connectivity index (χ2n) is 5.67. The van der Waals surface area contributed by atoms with Crippen molar-refractivity contribution in [2.24, 2.45) is 0 Å². The summed E-state index contributed by atoms with van der Waals surface area (Å²) >= 11 is 1.68. The number of aryl methyl sites for hydroxylation is 1. The van der Waals surface area contributed by atoms with E-state index in [4.69, 9.17) is 5.73 Å². The molecule has 3 aromatic rings. The fraction of sp³-hybridized carbons (Fsp3) is 0.400. The first-order chi connectivity index (χ1) is 10.7. The van der Waals surface area contributed by atoms with E-state index in [2.05, 4.69) is 42.8 Å². The quantitative estimate of drug-likeness (QED) is 0.804. The molecule has 0 amide bonds. The van der Waals surface area contributed by atoms with Gasteiger partial charge in [0.25, 0.3) is 0 Å². The Morgan fingerprint density at radius 3 is 3.18 bits per heavy atom. The molecule has 22 heavy (non-hydrogen) atoms. The zero-order valence-electron chi connectivity index (χ0n) is 12.4. The predicted octanol–water partition coefficient (Wildman–Crippen LogP) is 2.41. The van der Waals surface area contributed by atoms with Crippen molar-refractivity contribution in [1.82, 2.24) is 24.3 Å². The van der Waals surface area contributed by atoms with E-state index in [1.807, 2.05) is 6.07 Å². The lowest BCUT2D eigenvalue weighted by Gasteiger charge is -2.24. The van der Waals surface area contributed by atoms with E-state index in [9.17, 15) is 0 Å². The lowest BCUT2D eigenvalue weighted by Crippen LogP contribution is -2.24. The number of imidazole rings is 1. The summed E-state index contributed by atoms with van der Waals surface area (Å²) in [6.45, 7) is 4.05. The molecule has 0 aliphatic carbocycles. The topological polar surface area (TPSA) is 72.3 Å². The van der Waals surface area contributed by atoms with E-state index in [-0.39, 0.29) is 0 Å². The lowest BCUT2D eigenvalue weighted by atomic mass is 10.1. The average Bonchev–Trinajstić information content (AvgIpc) is 3.18. The molecular formula is C15H18N6S. The minimum absolute atomic E-state index is 0.314. The highest BCUT2D eigenvalue weighted by molar-refractivity contribution is 7.15. The maximum atomic E-state index is 5.74. The van der Waals surface area contributed by atoms with Crippen LogP contribution in [0.4, 0.5) is 5.95 Å². The third kappa shape index (κ3) is 2.26. The number of likely N-dealkylation sites (tertiary alicyclic amines) is 1. The van der Waals surface area contributed by atoms with Crippen molar-refractivity contribution < 1.29 is 0 Å². The number of hydrogen-bond acceptors (Lipinski definition) is 6. The summed E-state index contributed by atoms with van der Waals surface area (Å²) in [5.41, 5.74) is 9.14. The molecule has 0 spiro atoms. The normalized spacial score (nSPS) is 19.2. The van der Waals surface area contributed by atoms with E-state index >= 15 is 0 Å². The fourth-order valence-electron chi connectivity index (χ4n) is 3.25. The molecule has 1 fully saturated rings. The maximum absolute atomic E-state index is 5.74. The van der Waals surface area contributed by atoms with Crippen molar-refractivity contribution in [1.29, 1.82) is 0 Å². The zero-order chi connectivity index (χ0) is 15.1. The predicted molar refractivity (Wildman–Crippen MR) is 86.6 cm³/mol. The third-order valence-electron chi connectivity index (χ3n) is 4.31. The first kappa shape index (κ1) is 13.7. The highest BCUT2D eigenvalue weighted by Gasteiger charge is 2.28. The molecule has 4 heterocycles. The molecule has 1 aliphatic heterocycles. The number of hydrogen-bond donors (Lipinski definition) is 1. The van der Waals surface area contributed by atoms with Crippen molar-refractivity contribution in [3.8, 4) is 0 Å². The number of nitrogens with two attached hydrogens (primary N) is 1. The Morgan fingerprint density at radius 1 is 1.41 bits per heavy atom. The van der Waals surface area contributed by atoms with Gasteiger partial charge >= 0.3 is 0 Å². The van der Waals surface area contributed by atoms with Crippen LogP contribution >= 0.6 is 11.3 Å². The molecule has 1 atom stereocenters. The number of fused-ring (bicyclic) bond motifs is 1. The van der Waals surface area contributed by atoms with Gasteiger partial charge in [0.1, 0.15) is 0 Å². The van der Waals surface area contributed by atoms with Crippen LogP contribution < -0.4 is 5.73 Å². The van der Waals surface area contributed by atoms with Crippen molar-refractivity contribution in [3.05, 3.63) is 40.9 Å². The highest BCUT2D eigenvalue weighted by Crippen LogP contribution is 2.33. The second kappa shape index (κ2) is 5.33. The minimum Gasteiger partial charge on any atom is -0.368 e. The minimum atomic E-state index is 0.314. The first-order valence-electron chi connectivity index (χ1n) is 7.46. The Bertz CT molecular complexity index is 807. The van der Waals surface area contributed by atoms with E-state index in [0.717, 1.165) is 35.9 Å². The van der Waals surface area contributed by atoms with E-state index < -0.39 is 0 Å². The van der Waals surface area contributed by atoms with Gasteiger partial charge in [-0.3, -0.25) is 9.30 Å². The van der Waals surface area contributed by atoms with Crippen LogP contribution in [0.1, 0.15) is 36.0 Å². The molecule has 4 rings (SSSR count). The van der Waals surface area contributed by atoms with Crippen molar-refractivity contribution >= 4 is 22.2 Å². The van der Waals surface area contributed by atoms with Crippen molar-refractivity contribution in [3.63, 3.8) is 0 Å². The van der Waals surface area contributed by atoms with E-state index in [1.54, 1.807) is 17.5 Å². The monoisotopic (exact) mass is 314 g/mol. The number of nitrogen functional groups attached to an aromatic ring is 1. The van der Waals surface area contributed by atoms with E-state index in [0.29, 0.717) is 12.0 Å². The van der Waals surface area contributed by atoms with Crippen LogP contribution in [0.25, 0.3) is 4.96 Å². The average molecular weight is 314 g/mol. The molecular weight excluding hydrogens is 296 g/mol. The largest absolute Gasteiger partial charge is 0.368 e. The molecule has 0 radical (unpaired) electrons. The summed E-state index contributed by atoms with van der Waals surface area (Å²) in [6, 6.07) is 2.29. The molecule has 2 N–H and O–H groups in total. The molecule has 1 saturated heterocycles. The highest BCUT2D eigenvalue weighted by atomic mass is 32.1. The lowest BCUT2D eigenvalue weighted by molar-refractivity contribution is 0.240. The second-order valence-corrected chi connectivity index (χ2v) is 6.54. The Kier molecular flexibility index (Phi) is 3.31. The first-order valence-corrected chi connectivity index (χ1v) is 8.34. The van der Waals surface area contributed by atoms with Crippen LogP contribution in [-0.2, 0) is 6.54 Å². The van der Waals surface area contributed by atoms with Gasteiger partial charge in [-0.1, -0.05) is 0 Å². The van der Waals surface area contributed by atoms with E-state index in [1.165, 1.54) is 12.1 Å². The summed E-state index contributed by atoms with van der Waals surface area (Å²) in [5.74, 6) is 0.352. The van der Waals surface area contributed by atoms with Gasteiger partial charge in [0, 0.05) is 24.3 Å². The Hall–Kier alpha value is -1.99. The van der Waals surface area contributed by atoms with Gasteiger partial charge in [0.15, 0.2) is 4.96 Å². The molecule has 6 nitrogen and oxygen atoms in total. The van der Waals surface area contributed by atoms with Gasteiger partial charge in [0.2, 0.25) is 5.95 Å². The molecule has 7 heteroatoms. The van der Waals surface area contributed by atoms with Gasteiger partial charge in [-0.25, -0.2) is 15.0 Å². The van der Waals surface area contributed by atoms with Crippen LogP contribution in [0.5, 0.6) is 0 Å². The number of rotatable bonds is 3. The van der Waals surface area contributed by atoms with Gasteiger partial charge < -0.3 is 5.73 Å². The summed E-state index contributed by atoms with van der Waals surface area (Å²) < 4.78 is 2.20. The zero-order valence-corrected chi connectivity index (χ0v) is 13.3. The smallest absolute Gasteiger partial charge is 0.220 e. The van der Waals surface area contributed by atoms with Gasteiger partial charge in [-0.05, 0) is 32.4 Å². The Balaban J connectivity index is 1.64. The molecule has 0 saturated carbocycles. The maximum Gasteiger partial charge on any atom is 0.220 e. The Morgan fingerprint density at radius 2 is 2.32 bits per heavy atom. The van der Waals surface area contributed by atoms with Crippen LogP contribution in [0, 0.1) is 6.92 Å². The summed E-state index contributed by atoms with van der Waals surface area (Å²) in [4.78, 5) is 16.6. The number of thiazole rings is 1. The van der Waals surface area contributed by atoms with Gasteiger partial charge in [0.05, 0.1) is 23.1 Å². The summed E-state index contributed by atoms with van der Waals surface area (Å²) in [6.07, 6.45) is 6.14. The third-order valence-corrected chi connectivity index (χ3v) is 5.07. The molecule has 0 bridgehead atoms. The fourth-order valence-corrected chi connectivity index (χ4v) is 4.03. The van der Waals surface area contributed by atoms with Crippen LogP contribution in [0.2, 0.25) is 0 Å². The molecule has 114 valence electrons. The van der Waals surface area contributed by atoms with Crippen LogP contribution in [0.15, 0.2) is 23.8 Å². The molecule has 1 aliphatic rings. The van der Waals surface area contributed by atoms with Crippen LogP contribution in [-0.4, -0.2) is 30.8 Å². The SMILES string of the molecule is Cc1nc2sccn2c1CN1CCCC1c1ccnc(N)n1. The molecule has 3 aromatic heterocycles. The van der Waals surface area contributed by atoms with Crippen LogP contribution in [0.3, 0.4) is 0 Å². The molecule has 1 unspecified atom stereocenters.